The van der Waals surface area contributed by atoms with Crippen molar-refractivity contribution in [3.63, 3.8) is 0 Å². The van der Waals surface area contributed by atoms with Crippen LogP contribution >= 0.6 is 0 Å². The Kier molecular flexibility index (Phi) is 5.92. The van der Waals surface area contributed by atoms with E-state index in [2.05, 4.69) is 10.6 Å². The Bertz CT molecular complexity index is 744. The summed E-state index contributed by atoms with van der Waals surface area (Å²) in [5.41, 5.74) is 7.81. The van der Waals surface area contributed by atoms with Crippen LogP contribution in [0.15, 0.2) is 42.5 Å². The van der Waals surface area contributed by atoms with Crippen LogP contribution in [0.2, 0.25) is 0 Å². The molecule has 0 spiro atoms. The molecule has 0 atom stereocenters. The van der Waals surface area contributed by atoms with Gasteiger partial charge in [-0.25, -0.2) is 0 Å². The highest BCUT2D eigenvalue weighted by Gasteiger charge is 2.13. The van der Waals surface area contributed by atoms with Crippen LogP contribution in [-0.4, -0.2) is 25.5 Å². The molecule has 2 rings (SSSR count). The topological polar surface area (TPSA) is 93.5 Å². The molecule has 0 aromatic heterocycles. The molecule has 4 N–H and O–H groups in total. The Labute approximate surface area is 141 Å². The highest BCUT2D eigenvalue weighted by Crippen LogP contribution is 2.28. The van der Waals surface area contributed by atoms with Crippen molar-refractivity contribution in [3.05, 3.63) is 53.6 Å². The van der Waals surface area contributed by atoms with Crippen LogP contribution in [-0.2, 0) is 4.79 Å². The van der Waals surface area contributed by atoms with E-state index >= 15 is 0 Å². The van der Waals surface area contributed by atoms with Crippen molar-refractivity contribution in [3.8, 4) is 5.75 Å². The maximum absolute atomic E-state index is 12.5. The summed E-state index contributed by atoms with van der Waals surface area (Å²) in [4.78, 5) is 24.3. The number of carbonyl (C=O) groups is 2. The Balaban J connectivity index is 2.27. The van der Waals surface area contributed by atoms with Gasteiger partial charge in [-0.2, -0.15) is 0 Å². The van der Waals surface area contributed by atoms with Gasteiger partial charge < -0.3 is 21.1 Å². The third-order valence-corrected chi connectivity index (χ3v) is 3.51. The minimum Gasteiger partial charge on any atom is -0.497 e. The Morgan fingerprint density at radius 3 is 2.50 bits per heavy atom. The molecule has 0 aliphatic heterocycles. The zero-order valence-corrected chi connectivity index (χ0v) is 13.8. The number of benzene rings is 2. The summed E-state index contributed by atoms with van der Waals surface area (Å²) in [5, 5.41) is 5.57. The molecular formula is C18H21N3O3. The fourth-order valence-electron chi connectivity index (χ4n) is 2.22. The summed E-state index contributed by atoms with van der Waals surface area (Å²) in [6.45, 7) is 2.12. The van der Waals surface area contributed by atoms with E-state index in [1.54, 1.807) is 30.3 Å². The number of nitrogens with two attached hydrogens (primary N) is 1. The van der Waals surface area contributed by atoms with Crippen molar-refractivity contribution < 1.29 is 14.3 Å². The lowest BCUT2D eigenvalue weighted by Crippen LogP contribution is -2.19. The minimum absolute atomic E-state index is 0.197. The summed E-state index contributed by atoms with van der Waals surface area (Å²) in [6, 6.07) is 12.4. The molecule has 0 heterocycles. The molecule has 0 aliphatic rings. The van der Waals surface area contributed by atoms with Crippen LogP contribution in [0, 0.1) is 6.92 Å². The molecule has 0 saturated heterocycles. The van der Waals surface area contributed by atoms with Gasteiger partial charge in [0.15, 0.2) is 0 Å². The fourth-order valence-corrected chi connectivity index (χ4v) is 2.22. The van der Waals surface area contributed by atoms with Gasteiger partial charge in [0.05, 0.1) is 18.5 Å². The third kappa shape index (κ3) is 4.33. The number of hydrogen-bond acceptors (Lipinski definition) is 4. The first-order valence-corrected chi connectivity index (χ1v) is 7.60. The number of rotatable bonds is 6. The van der Waals surface area contributed by atoms with E-state index < -0.39 is 0 Å². The van der Waals surface area contributed by atoms with Crippen molar-refractivity contribution in [2.45, 2.75) is 13.3 Å². The Morgan fingerprint density at radius 1 is 1.08 bits per heavy atom. The molecule has 0 radical (unpaired) electrons. The van der Waals surface area contributed by atoms with Gasteiger partial charge in [0.25, 0.3) is 5.91 Å². The second-order valence-electron chi connectivity index (χ2n) is 5.27. The number of methoxy groups -OCH3 is 1. The first-order chi connectivity index (χ1) is 11.5. The number of nitrogens with one attached hydrogen (secondary N) is 2. The summed E-state index contributed by atoms with van der Waals surface area (Å²) in [6.07, 6.45) is 0.197. The number of carbonyl (C=O) groups excluding carboxylic acids is 2. The maximum Gasteiger partial charge on any atom is 0.255 e. The molecule has 126 valence electrons. The number of anilines is 2. The normalized spacial score (nSPS) is 10.1. The molecule has 0 unspecified atom stereocenters. The van der Waals surface area contributed by atoms with Crippen LogP contribution in [0.25, 0.3) is 0 Å². The summed E-state index contributed by atoms with van der Waals surface area (Å²) >= 11 is 0. The van der Waals surface area contributed by atoms with Crippen molar-refractivity contribution in [1.29, 1.82) is 0 Å². The van der Waals surface area contributed by atoms with Crippen LogP contribution in [0.1, 0.15) is 22.3 Å². The first-order valence-electron chi connectivity index (χ1n) is 7.60. The first kappa shape index (κ1) is 17.5. The van der Waals surface area contributed by atoms with Crippen molar-refractivity contribution in [2.75, 3.05) is 24.3 Å². The highest BCUT2D eigenvalue weighted by molar-refractivity contribution is 6.08. The van der Waals surface area contributed by atoms with Crippen LogP contribution in [0.3, 0.4) is 0 Å². The number of aryl methyl sites for hydroxylation is 1. The molecule has 0 saturated carbocycles. The predicted molar refractivity (Wildman–Crippen MR) is 94.4 cm³/mol. The monoisotopic (exact) mass is 327 g/mol. The molecular weight excluding hydrogens is 306 g/mol. The summed E-state index contributed by atoms with van der Waals surface area (Å²) in [5.74, 6) is 0.108. The lowest BCUT2D eigenvalue weighted by molar-refractivity contribution is -0.116. The maximum atomic E-state index is 12.5. The van der Waals surface area contributed by atoms with E-state index in [4.69, 9.17) is 10.5 Å². The van der Waals surface area contributed by atoms with Gasteiger partial charge in [0, 0.05) is 24.6 Å². The van der Waals surface area contributed by atoms with E-state index in [9.17, 15) is 9.59 Å². The fraction of sp³-hybridized carbons (Fsp3) is 0.222. The lowest BCUT2D eigenvalue weighted by atomic mass is 10.1. The molecule has 2 amide bonds. The van der Waals surface area contributed by atoms with Crippen LogP contribution in [0.5, 0.6) is 5.75 Å². The average Bonchev–Trinajstić information content (AvgIpc) is 2.57. The van der Waals surface area contributed by atoms with Crippen molar-refractivity contribution in [1.82, 2.24) is 0 Å². The van der Waals surface area contributed by atoms with Gasteiger partial charge in [-0.3, -0.25) is 9.59 Å². The van der Waals surface area contributed by atoms with Gasteiger partial charge in [0.2, 0.25) is 5.91 Å². The van der Waals surface area contributed by atoms with Gasteiger partial charge in [0.1, 0.15) is 5.75 Å². The zero-order chi connectivity index (χ0) is 17.5. The number of ether oxygens (including phenoxy) is 1. The molecule has 2 aromatic carbocycles. The van der Waals surface area contributed by atoms with E-state index in [1.165, 1.54) is 7.11 Å². The summed E-state index contributed by atoms with van der Waals surface area (Å²) < 4.78 is 5.17. The quantitative estimate of drug-likeness (QED) is 0.760. The Morgan fingerprint density at radius 2 is 1.83 bits per heavy atom. The molecule has 0 aliphatic carbocycles. The summed E-state index contributed by atoms with van der Waals surface area (Å²) in [7, 11) is 1.53. The van der Waals surface area contributed by atoms with E-state index in [0.717, 1.165) is 5.56 Å². The van der Waals surface area contributed by atoms with Gasteiger partial charge in [-0.1, -0.05) is 18.2 Å². The molecule has 2 aromatic rings. The standard InChI is InChI=1S/C18H21N3O3/c1-12-5-3-4-6-14(12)18(23)21-15-8-7-13(24-2)11-16(15)20-17(22)9-10-19/h3-8,11H,9-10,19H2,1-2H3,(H,20,22)(H,21,23). The van der Waals surface area contributed by atoms with Crippen LogP contribution < -0.4 is 21.1 Å². The largest absolute Gasteiger partial charge is 0.497 e. The lowest BCUT2D eigenvalue weighted by Gasteiger charge is -2.14. The second-order valence-corrected chi connectivity index (χ2v) is 5.27. The molecule has 24 heavy (non-hydrogen) atoms. The minimum atomic E-state index is -0.243. The zero-order valence-electron chi connectivity index (χ0n) is 13.8. The predicted octanol–water partition coefficient (Wildman–Crippen LogP) is 2.54. The van der Waals surface area contributed by atoms with Gasteiger partial charge in [-0.15, -0.1) is 0 Å². The highest BCUT2D eigenvalue weighted by atomic mass is 16.5. The van der Waals surface area contributed by atoms with E-state index in [0.29, 0.717) is 22.7 Å². The molecule has 0 bridgehead atoms. The SMILES string of the molecule is COc1ccc(NC(=O)c2ccccc2C)c(NC(=O)CCN)c1. The molecule has 6 heteroatoms. The van der Waals surface area contributed by atoms with Crippen molar-refractivity contribution in [2.24, 2.45) is 5.73 Å². The van der Waals surface area contributed by atoms with Gasteiger partial charge >= 0.3 is 0 Å². The average molecular weight is 327 g/mol. The van der Waals surface area contributed by atoms with Crippen molar-refractivity contribution >= 4 is 23.2 Å². The third-order valence-electron chi connectivity index (χ3n) is 3.51. The van der Waals surface area contributed by atoms with Crippen LogP contribution in [0.4, 0.5) is 11.4 Å². The molecule has 0 fully saturated rings. The smallest absolute Gasteiger partial charge is 0.255 e. The number of hydrogen-bond donors (Lipinski definition) is 3. The van der Waals surface area contributed by atoms with E-state index in [1.807, 2.05) is 19.1 Å². The van der Waals surface area contributed by atoms with E-state index in [-0.39, 0.29) is 24.8 Å². The Hall–Kier alpha value is -2.86. The number of amides is 2. The molecule has 6 nitrogen and oxygen atoms in total. The van der Waals surface area contributed by atoms with Gasteiger partial charge in [-0.05, 0) is 30.7 Å². The second kappa shape index (κ2) is 8.12.